The summed E-state index contributed by atoms with van der Waals surface area (Å²) in [5.74, 6) is 0.647. The maximum atomic E-state index is 13.4. The quantitative estimate of drug-likeness (QED) is 0.906. The molecule has 3 rings (SSSR count). The molecule has 1 N–H and O–H groups in total. The van der Waals surface area contributed by atoms with E-state index in [1.807, 2.05) is 24.3 Å². The van der Waals surface area contributed by atoms with Crippen LogP contribution >= 0.6 is 11.6 Å². The number of ether oxygens (including phenoxy) is 1. The summed E-state index contributed by atoms with van der Waals surface area (Å²) < 4.78 is 19.0. The van der Waals surface area contributed by atoms with Crippen molar-refractivity contribution in [2.24, 2.45) is 0 Å². The van der Waals surface area contributed by atoms with E-state index in [1.165, 1.54) is 12.1 Å². The lowest BCUT2D eigenvalue weighted by Crippen LogP contribution is -2.16. The fourth-order valence-electron chi connectivity index (χ4n) is 2.83. The molecule has 2 atom stereocenters. The van der Waals surface area contributed by atoms with Gasteiger partial charge in [-0.3, -0.25) is 0 Å². The van der Waals surface area contributed by atoms with Crippen molar-refractivity contribution in [3.8, 4) is 5.75 Å². The molecule has 1 aliphatic rings. The summed E-state index contributed by atoms with van der Waals surface area (Å²) in [6.45, 7) is 0.637. The normalized spacial score (nSPS) is 18.7. The van der Waals surface area contributed by atoms with Crippen LogP contribution in [0.1, 0.15) is 36.0 Å². The minimum Gasteiger partial charge on any atom is -0.493 e. The first-order chi connectivity index (χ1) is 10.1. The number of halogens is 2. The van der Waals surface area contributed by atoms with Crippen LogP contribution in [0.4, 0.5) is 4.39 Å². The summed E-state index contributed by atoms with van der Waals surface area (Å²) >= 11 is 5.85. The molecule has 0 aromatic heterocycles. The van der Waals surface area contributed by atoms with Crippen LogP contribution in [-0.4, -0.2) is 11.7 Å². The summed E-state index contributed by atoms with van der Waals surface area (Å²) in [5.41, 5.74) is 1.62. The lowest BCUT2D eigenvalue weighted by molar-refractivity contribution is 0.144. The second-order valence-corrected chi connectivity index (χ2v) is 5.76. The van der Waals surface area contributed by atoms with E-state index in [0.29, 0.717) is 23.6 Å². The third-order valence-electron chi connectivity index (χ3n) is 3.86. The Morgan fingerprint density at radius 2 is 2.10 bits per heavy atom. The Bertz CT molecular complexity index is 624. The largest absolute Gasteiger partial charge is 0.493 e. The molecular weight excluding hydrogens is 291 g/mol. The first-order valence-electron chi connectivity index (χ1n) is 6.99. The van der Waals surface area contributed by atoms with Gasteiger partial charge in [-0.1, -0.05) is 29.8 Å². The highest BCUT2D eigenvalue weighted by Gasteiger charge is 2.24. The van der Waals surface area contributed by atoms with Crippen molar-refractivity contribution in [2.45, 2.75) is 24.9 Å². The smallest absolute Gasteiger partial charge is 0.125 e. The van der Waals surface area contributed by atoms with E-state index >= 15 is 0 Å². The Morgan fingerprint density at radius 3 is 2.90 bits per heavy atom. The summed E-state index contributed by atoms with van der Waals surface area (Å²) in [5, 5.41) is 10.7. The molecule has 4 heteroatoms. The van der Waals surface area contributed by atoms with Crippen LogP contribution in [0, 0.1) is 5.82 Å². The van der Waals surface area contributed by atoms with Crippen LogP contribution < -0.4 is 4.74 Å². The van der Waals surface area contributed by atoms with Gasteiger partial charge in [0.05, 0.1) is 12.7 Å². The molecule has 0 radical (unpaired) electrons. The predicted molar refractivity (Wildman–Crippen MR) is 80.3 cm³/mol. The summed E-state index contributed by atoms with van der Waals surface area (Å²) in [7, 11) is 0. The van der Waals surface area contributed by atoms with Gasteiger partial charge < -0.3 is 9.84 Å². The molecule has 110 valence electrons. The van der Waals surface area contributed by atoms with Crippen LogP contribution in [0.2, 0.25) is 5.02 Å². The topological polar surface area (TPSA) is 29.5 Å². The highest BCUT2D eigenvalue weighted by atomic mass is 35.5. The van der Waals surface area contributed by atoms with Gasteiger partial charge in [-0.2, -0.15) is 0 Å². The highest BCUT2D eigenvalue weighted by molar-refractivity contribution is 6.30. The van der Waals surface area contributed by atoms with Gasteiger partial charge >= 0.3 is 0 Å². The number of rotatable bonds is 3. The monoisotopic (exact) mass is 306 g/mol. The molecule has 0 aliphatic carbocycles. The molecule has 0 fully saturated rings. The van der Waals surface area contributed by atoms with Gasteiger partial charge in [0.25, 0.3) is 0 Å². The van der Waals surface area contributed by atoms with Crippen molar-refractivity contribution in [1.82, 2.24) is 0 Å². The lowest BCUT2D eigenvalue weighted by atomic mass is 9.86. The Kier molecular flexibility index (Phi) is 4.13. The van der Waals surface area contributed by atoms with Gasteiger partial charge in [0, 0.05) is 5.02 Å². The number of aliphatic hydroxyl groups is 1. The lowest BCUT2D eigenvalue weighted by Gasteiger charge is -2.27. The molecular formula is C17H16ClFO2. The summed E-state index contributed by atoms with van der Waals surface area (Å²) in [6.07, 6.45) is 0.631. The first-order valence-corrected chi connectivity index (χ1v) is 7.37. The van der Waals surface area contributed by atoms with Gasteiger partial charge in [-0.25, -0.2) is 4.39 Å². The van der Waals surface area contributed by atoms with E-state index in [1.54, 1.807) is 6.07 Å². The number of benzene rings is 2. The molecule has 21 heavy (non-hydrogen) atoms. The SMILES string of the molecule is OC(CC1CCOc2ccccc21)c1cc(F)cc(Cl)c1. The molecule has 0 spiro atoms. The van der Waals surface area contributed by atoms with E-state index < -0.39 is 11.9 Å². The van der Waals surface area contributed by atoms with Crippen molar-refractivity contribution < 1.29 is 14.2 Å². The summed E-state index contributed by atoms with van der Waals surface area (Å²) in [4.78, 5) is 0. The third kappa shape index (κ3) is 3.20. The van der Waals surface area contributed by atoms with Gasteiger partial charge in [0.2, 0.25) is 0 Å². The van der Waals surface area contributed by atoms with Crippen molar-refractivity contribution in [3.05, 3.63) is 64.4 Å². The molecule has 0 saturated heterocycles. The van der Waals surface area contributed by atoms with E-state index in [4.69, 9.17) is 16.3 Å². The average Bonchev–Trinajstić information content (AvgIpc) is 2.46. The molecule has 2 aromatic carbocycles. The third-order valence-corrected chi connectivity index (χ3v) is 4.08. The Hall–Kier alpha value is -1.58. The first kappa shape index (κ1) is 14.4. The molecule has 1 aliphatic heterocycles. The molecule has 0 bridgehead atoms. The second-order valence-electron chi connectivity index (χ2n) is 5.33. The Balaban J connectivity index is 1.81. The van der Waals surface area contributed by atoms with E-state index in [-0.39, 0.29) is 5.92 Å². The van der Waals surface area contributed by atoms with Crippen LogP contribution in [0.3, 0.4) is 0 Å². The zero-order valence-corrected chi connectivity index (χ0v) is 12.2. The van der Waals surface area contributed by atoms with Crippen LogP contribution in [0.5, 0.6) is 5.75 Å². The van der Waals surface area contributed by atoms with Gasteiger partial charge in [-0.05, 0) is 54.2 Å². The van der Waals surface area contributed by atoms with Crippen molar-refractivity contribution in [2.75, 3.05) is 6.61 Å². The zero-order chi connectivity index (χ0) is 14.8. The minimum absolute atomic E-state index is 0.201. The fourth-order valence-corrected chi connectivity index (χ4v) is 3.06. The minimum atomic E-state index is -0.741. The number of hydrogen-bond acceptors (Lipinski definition) is 2. The molecule has 1 heterocycles. The number of aliphatic hydroxyl groups excluding tert-OH is 1. The maximum absolute atomic E-state index is 13.4. The zero-order valence-electron chi connectivity index (χ0n) is 11.4. The van der Waals surface area contributed by atoms with Gasteiger partial charge in [0.1, 0.15) is 11.6 Å². The molecule has 2 nitrogen and oxygen atoms in total. The molecule has 0 saturated carbocycles. The van der Waals surface area contributed by atoms with Crippen molar-refractivity contribution in [1.29, 1.82) is 0 Å². The second kappa shape index (κ2) is 6.04. The number of hydrogen-bond donors (Lipinski definition) is 1. The van der Waals surface area contributed by atoms with Crippen LogP contribution in [-0.2, 0) is 0 Å². The van der Waals surface area contributed by atoms with E-state index in [2.05, 4.69) is 0 Å². The average molecular weight is 307 g/mol. The molecule has 2 unspecified atom stereocenters. The summed E-state index contributed by atoms with van der Waals surface area (Å²) in [6, 6.07) is 12.0. The van der Waals surface area contributed by atoms with Crippen LogP contribution in [0.15, 0.2) is 42.5 Å². The molecule has 0 amide bonds. The Morgan fingerprint density at radius 1 is 1.29 bits per heavy atom. The van der Waals surface area contributed by atoms with Gasteiger partial charge in [0.15, 0.2) is 0 Å². The predicted octanol–water partition coefficient (Wildman–Crippen LogP) is 4.47. The standard InChI is InChI=1S/C17H16ClFO2/c18-13-7-12(8-14(19)10-13)16(20)9-11-5-6-21-17-4-2-1-3-15(11)17/h1-4,7-8,10-11,16,20H,5-6,9H2. The maximum Gasteiger partial charge on any atom is 0.125 e. The Labute approximate surface area is 128 Å². The number of fused-ring (bicyclic) bond motifs is 1. The van der Waals surface area contributed by atoms with Crippen LogP contribution in [0.25, 0.3) is 0 Å². The van der Waals surface area contributed by atoms with Crippen molar-refractivity contribution >= 4 is 11.6 Å². The van der Waals surface area contributed by atoms with E-state index in [9.17, 15) is 9.50 Å². The highest BCUT2D eigenvalue weighted by Crippen LogP contribution is 2.39. The van der Waals surface area contributed by atoms with E-state index in [0.717, 1.165) is 17.7 Å². The number of para-hydroxylation sites is 1. The van der Waals surface area contributed by atoms with Crippen molar-refractivity contribution in [3.63, 3.8) is 0 Å². The fraction of sp³-hybridized carbons (Fsp3) is 0.294. The molecule has 2 aromatic rings. The van der Waals surface area contributed by atoms with Gasteiger partial charge in [-0.15, -0.1) is 0 Å².